The van der Waals surface area contributed by atoms with E-state index in [9.17, 15) is 15.0 Å². The van der Waals surface area contributed by atoms with Crippen LogP contribution in [-0.4, -0.2) is 29.4 Å². The van der Waals surface area contributed by atoms with Crippen LogP contribution in [0.4, 0.5) is 5.69 Å². The van der Waals surface area contributed by atoms with Gasteiger partial charge in [-0.25, -0.2) is 4.79 Å². The lowest BCUT2D eigenvalue weighted by Crippen LogP contribution is -2.43. The van der Waals surface area contributed by atoms with Crippen LogP contribution in [0, 0.1) is 11.3 Å². The molecule has 6 nitrogen and oxygen atoms in total. The van der Waals surface area contributed by atoms with E-state index >= 15 is 0 Å². The van der Waals surface area contributed by atoms with E-state index in [0.29, 0.717) is 29.0 Å². The highest BCUT2D eigenvalue weighted by atomic mass is 79.9. The number of benzene rings is 2. The number of carboxylic acid groups (broad SMARTS) is 1. The summed E-state index contributed by atoms with van der Waals surface area (Å²) in [5.41, 5.74) is 0.942. The van der Waals surface area contributed by atoms with Crippen LogP contribution in [-0.2, 0) is 16.8 Å². The van der Waals surface area contributed by atoms with Gasteiger partial charge in [0.1, 0.15) is 12.4 Å². The Morgan fingerprint density at radius 2 is 1.96 bits per heavy atom. The molecule has 0 radical (unpaired) electrons. The van der Waals surface area contributed by atoms with Crippen LogP contribution in [0.5, 0.6) is 5.75 Å². The largest absolute Gasteiger partial charge is 0.491 e. The maximum atomic E-state index is 12.5. The minimum atomic E-state index is -1.45. The Bertz CT molecular complexity index is 877. The first-order valence-electron chi connectivity index (χ1n) is 9.00. The highest BCUT2D eigenvalue weighted by Gasteiger charge is 2.42. The molecule has 0 aliphatic rings. The SMILES string of the molecule is CCc1cc(Br)cc(C(CC)(Nc2ccc(C#N)cc2)C(=O)O)c1OCCO. The summed E-state index contributed by atoms with van der Waals surface area (Å²) in [6.07, 6.45) is 0.890. The molecule has 0 saturated carbocycles. The number of nitriles is 1. The first kappa shape index (κ1) is 21.7. The predicted molar refractivity (Wildman–Crippen MR) is 110 cm³/mol. The van der Waals surface area contributed by atoms with Gasteiger partial charge in [-0.1, -0.05) is 29.8 Å². The van der Waals surface area contributed by atoms with Crippen molar-refractivity contribution in [2.75, 3.05) is 18.5 Å². The molecule has 0 aliphatic heterocycles. The van der Waals surface area contributed by atoms with E-state index in [0.717, 1.165) is 10.0 Å². The third kappa shape index (κ3) is 4.46. The Morgan fingerprint density at radius 1 is 1.29 bits per heavy atom. The van der Waals surface area contributed by atoms with Gasteiger partial charge >= 0.3 is 5.97 Å². The number of hydrogen-bond donors (Lipinski definition) is 3. The van der Waals surface area contributed by atoms with Crippen molar-refractivity contribution < 1.29 is 19.7 Å². The number of rotatable bonds is 9. The third-order valence-electron chi connectivity index (χ3n) is 4.58. The second kappa shape index (κ2) is 9.58. The first-order chi connectivity index (χ1) is 13.4. The summed E-state index contributed by atoms with van der Waals surface area (Å²) in [7, 11) is 0. The quantitative estimate of drug-likeness (QED) is 0.536. The maximum absolute atomic E-state index is 12.5. The standard InChI is InChI=1S/C21H23BrN2O4/c1-3-15-11-16(22)12-18(19(15)28-10-9-25)21(4-2,20(26)27)24-17-7-5-14(13-23)6-8-17/h5-8,11-12,24-25H,3-4,9-10H2,1-2H3,(H,26,27). The van der Waals surface area contributed by atoms with Crippen LogP contribution in [0.15, 0.2) is 40.9 Å². The molecule has 2 rings (SSSR count). The molecule has 1 unspecified atom stereocenters. The third-order valence-corrected chi connectivity index (χ3v) is 5.03. The topological polar surface area (TPSA) is 103 Å². The summed E-state index contributed by atoms with van der Waals surface area (Å²) in [6, 6.07) is 12.3. The molecule has 0 aliphatic carbocycles. The highest BCUT2D eigenvalue weighted by Crippen LogP contribution is 2.40. The summed E-state index contributed by atoms with van der Waals surface area (Å²) in [5, 5.41) is 31.5. The average molecular weight is 447 g/mol. The highest BCUT2D eigenvalue weighted by molar-refractivity contribution is 9.10. The van der Waals surface area contributed by atoms with Crippen LogP contribution in [0.1, 0.15) is 37.0 Å². The van der Waals surface area contributed by atoms with Crippen molar-refractivity contribution in [3.05, 3.63) is 57.6 Å². The zero-order valence-electron chi connectivity index (χ0n) is 15.8. The minimum Gasteiger partial charge on any atom is -0.491 e. The van der Waals surface area contributed by atoms with Crippen molar-refractivity contribution in [2.24, 2.45) is 0 Å². The van der Waals surface area contributed by atoms with Gasteiger partial charge in [0.05, 0.1) is 18.2 Å². The van der Waals surface area contributed by atoms with Gasteiger partial charge in [-0.2, -0.15) is 5.26 Å². The van der Waals surface area contributed by atoms with E-state index in [-0.39, 0.29) is 19.6 Å². The van der Waals surface area contributed by atoms with Gasteiger partial charge in [0.15, 0.2) is 5.54 Å². The number of nitrogens with zero attached hydrogens (tertiary/aromatic N) is 1. The van der Waals surface area contributed by atoms with Gasteiger partial charge in [0, 0.05) is 15.7 Å². The van der Waals surface area contributed by atoms with Crippen molar-refractivity contribution in [2.45, 2.75) is 32.2 Å². The van der Waals surface area contributed by atoms with E-state index in [2.05, 4.69) is 21.2 Å². The normalized spacial score (nSPS) is 12.7. The lowest BCUT2D eigenvalue weighted by Gasteiger charge is -2.33. The molecule has 0 amide bonds. The maximum Gasteiger partial charge on any atom is 0.334 e. The second-order valence-electron chi connectivity index (χ2n) is 6.25. The molecule has 0 saturated heterocycles. The van der Waals surface area contributed by atoms with Crippen molar-refractivity contribution in [3.8, 4) is 11.8 Å². The molecule has 28 heavy (non-hydrogen) atoms. The van der Waals surface area contributed by atoms with Crippen LogP contribution >= 0.6 is 15.9 Å². The molecule has 0 aromatic heterocycles. The number of hydrogen-bond acceptors (Lipinski definition) is 5. The van der Waals surface area contributed by atoms with Crippen molar-refractivity contribution in [1.82, 2.24) is 0 Å². The molecule has 0 spiro atoms. The number of aliphatic carboxylic acids is 1. The molecule has 0 heterocycles. The van der Waals surface area contributed by atoms with E-state index < -0.39 is 11.5 Å². The Morgan fingerprint density at radius 3 is 2.46 bits per heavy atom. The summed E-state index contributed by atoms with van der Waals surface area (Å²) in [5.74, 6) is -0.585. The van der Waals surface area contributed by atoms with Gasteiger partial charge < -0.3 is 20.3 Å². The van der Waals surface area contributed by atoms with Crippen LogP contribution in [0.2, 0.25) is 0 Å². The molecule has 2 aromatic carbocycles. The number of aryl methyl sites for hydroxylation is 1. The van der Waals surface area contributed by atoms with Gasteiger partial charge in [-0.05, 0) is 54.8 Å². The fourth-order valence-corrected chi connectivity index (χ4v) is 3.59. The fourth-order valence-electron chi connectivity index (χ4n) is 3.09. The Labute approximate surface area is 172 Å². The number of ether oxygens (including phenoxy) is 1. The molecule has 0 bridgehead atoms. The molecule has 2 aromatic rings. The van der Waals surface area contributed by atoms with E-state index in [1.54, 1.807) is 37.3 Å². The smallest absolute Gasteiger partial charge is 0.334 e. The van der Waals surface area contributed by atoms with Gasteiger partial charge in [-0.3, -0.25) is 0 Å². The van der Waals surface area contributed by atoms with Gasteiger partial charge in [-0.15, -0.1) is 0 Å². The second-order valence-corrected chi connectivity index (χ2v) is 7.16. The first-order valence-corrected chi connectivity index (χ1v) is 9.79. The van der Waals surface area contributed by atoms with Crippen LogP contribution < -0.4 is 10.1 Å². The number of carbonyl (C=O) groups is 1. The molecule has 0 fully saturated rings. The summed E-state index contributed by atoms with van der Waals surface area (Å²) < 4.78 is 6.53. The number of halogens is 1. The Hall–Kier alpha value is -2.56. The van der Waals surface area contributed by atoms with Gasteiger partial charge in [0.25, 0.3) is 0 Å². The van der Waals surface area contributed by atoms with Crippen LogP contribution in [0.25, 0.3) is 0 Å². The Balaban J connectivity index is 2.65. The lowest BCUT2D eigenvalue weighted by molar-refractivity contribution is -0.142. The lowest BCUT2D eigenvalue weighted by atomic mass is 9.84. The molecule has 148 valence electrons. The number of carboxylic acids is 1. The van der Waals surface area contributed by atoms with Gasteiger partial charge in [0.2, 0.25) is 0 Å². The van der Waals surface area contributed by atoms with Crippen molar-refractivity contribution >= 4 is 27.6 Å². The molecule has 1 atom stereocenters. The van der Waals surface area contributed by atoms with Crippen molar-refractivity contribution in [3.63, 3.8) is 0 Å². The fraction of sp³-hybridized carbons (Fsp3) is 0.333. The van der Waals surface area contributed by atoms with Crippen molar-refractivity contribution in [1.29, 1.82) is 5.26 Å². The Kier molecular flexibility index (Phi) is 7.44. The number of aliphatic hydroxyl groups excluding tert-OH is 1. The molecular formula is C21H23BrN2O4. The average Bonchev–Trinajstić information content (AvgIpc) is 2.70. The number of anilines is 1. The van der Waals surface area contributed by atoms with E-state index in [1.807, 2.05) is 19.1 Å². The number of aliphatic hydroxyl groups is 1. The minimum absolute atomic E-state index is 0.0674. The van der Waals surface area contributed by atoms with E-state index in [4.69, 9.17) is 10.00 Å². The number of nitrogens with one attached hydrogen (secondary N) is 1. The van der Waals surface area contributed by atoms with E-state index in [1.165, 1.54) is 0 Å². The predicted octanol–water partition coefficient (Wildman–Crippen LogP) is 4.06. The van der Waals surface area contributed by atoms with Crippen LogP contribution in [0.3, 0.4) is 0 Å². The zero-order valence-corrected chi connectivity index (χ0v) is 17.4. The molecule has 3 N–H and O–H groups in total. The monoisotopic (exact) mass is 446 g/mol. The summed E-state index contributed by atoms with van der Waals surface area (Å²) in [4.78, 5) is 12.5. The summed E-state index contributed by atoms with van der Waals surface area (Å²) >= 11 is 3.47. The molecule has 7 heteroatoms. The zero-order chi connectivity index (χ0) is 20.7. The molecular weight excluding hydrogens is 424 g/mol. The summed E-state index contributed by atoms with van der Waals surface area (Å²) in [6.45, 7) is 3.64.